The van der Waals surface area contributed by atoms with E-state index >= 15 is 0 Å². The Morgan fingerprint density at radius 3 is 2.10 bits per heavy atom. The quantitative estimate of drug-likeness (QED) is 0.290. The van der Waals surface area contributed by atoms with Gasteiger partial charge in [0, 0.05) is 29.3 Å². The fraction of sp³-hybridized carbons (Fsp3) is 0.130. The summed E-state index contributed by atoms with van der Waals surface area (Å²) in [5, 5.41) is 10.9. The van der Waals surface area contributed by atoms with Gasteiger partial charge < -0.3 is 15.4 Å². The van der Waals surface area contributed by atoms with Crippen molar-refractivity contribution in [1.82, 2.24) is 10.4 Å². The molecule has 0 bridgehead atoms. The van der Waals surface area contributed by atoms with E-state index in [1.54, 1.807) is 24.5 Å². The molecule has 0 radical (unpaired) electrons. The molecule has 0 saturated carbocycles. The summed E-state index contributed by atoms with van der Waals surface area (Å²) in [5.41, 5.74) is 6.31. The molecular formula is C23H23N5O2S. The van der Waals surface area contributed by atoms with E-state index in [4.69, 9.17) is 17.0 Å². The zero-order valence-corrected chi connectivity index (χ0v) is 18.1. The fourth-order valence-corrected chi connectivity index (χ4v) is 2.89. The Morgan fingerprint density at radius 1 is 0.935 bits per heavy atom. The predicted octanol–water partition coefficient (Wildman–Crippen LogP) is 4.44. The SMILES string of the molecule is CCOc1ccc(NC(=S)Nc2ccc(/C(C)=N\NC(=O)c3ccncc3)cc2)cc1. The van der Waals surface area contributed by atoms with E-state index in [1.165, 1.54) is 0 Å². The maximum Gasteiger partial charge on any atom is 0.271 e. The first kappa shape index (κ1) is 21.9. The molecule has 1 amide bonds. The van der Waals surface area contributed by atoms with Crippen LogP contribution in [0, 0.1) is 0 Å². The van der Waals surface area contributed by atoms with E-state index in [1.807, 2.05) is 62.4 Å². The maximum atomic E-state index is 12.1. The van der Waals surface area contributed by atoms with Crippen molar-refractivity contribution >= 4 is 40.3 Å². The molecule has 1 aromatic heterocycles. The van der Waals surface area contributed by atoms with Crippen molar-refractivity contribution < 1.29 is 9.53 Å². The van der Waals surface area contributed by atoms with Crippen molar-refractivity contribution in [2.45, 2.75) is 13.8 Å². The number of nitrogens with zero attached hydrogens (tertiary/aromatic N) is 2. The Kier molecular flexibility index (Phi) is 7.67. The van der Waals surface area contributed by atoms with Crippen LogP contribution < -0.4 is 20.8 Å². The molecular weight excluding hydrogens is 410 g/mol. The van der Waals surface area contributed by atoms with Crippen molar-refractivity contribution in [1.29, 1.82) is 0 Å². The van der Waals surface area contributed by atoms with Crippen molar-refractivity contribution in [3.05, 3.63) is 84.2 Å². The zero-order chi connectivity index (χ0) is 22.1. The number of hydrogen-bond acceptors (Lipinski definition) is 5. The third-order valence-corrected chi connectivity index (χ3v) is 4.46. The Balaban J connectivity index is 1.54. The van der Waals surface area contributed by atoms with E-state index in [-0.39, 0.29) is 5.91 Å². The second-order valence-electron chi connectivity index (χ2n) is 6.49. The van der Waals surface area contributed by atoms with Crippen LogP contribution >= 0.6 is 12.2 Å². The highest BCUT2D eigenvalue weighted by atomic mass is 32.1. The standard InChI is InChI=1S/C23H23N5O2S/c1-3-30-21-10-8-20(9-11-21)26-23(31)25-19-6-4-17(5-7-19)16(2)27-28-22(29)18-12-14-24-15-13-18/h4-15H,3H2,1-2H3,(H,28,29)(H2,25,26,31)/b27-16-. The van der Waals surface area contributed by atoms with Crippen LogP contribution in [0.1, 0.15) is 29.8 Å². The fourth-order valence-electron chi connectivity index (χ4n) is 2.66. The van der Waals surface area contributed by atoms with Gasteiger partial charge in [0.05, 0.1) is 12.3 Å². The molecule has 158 valence electrons. The molecule has 7 nitrogen and oxygen atoms in total. The second kappa shape index (κ2) is 10.8. The van der Waals surface area contributed by atoms with Crippen molar-refractivity contribution in [3.63, 3.8) is 0 Å². The van der Waals surface area contributed by atoms with Gasteiger partial charge in [-0.25, -0.2) is 5.43 Å². The van der Waals surface area contributed by atoms with Gasteiger partial charge in [-0.05, 0) is 80.2 Å². The first-order chi connectivity index (χ1) is 15.0. The number of benzene rings is 2. The first-order valence-corrected chi connectivity index (χ1v) is 10.1. The number of thiocarbonyl (C=S) groups is 1. The van der Waals surface area contributed by atoms with Gasteiger partial charge in [-0.2, -0.15) is 5.10 Å². The molecule has 0 unspecified atom stereocenters. The van der Waals surface area contributed by atoms with Crippen LogP contribution in [0.5, 0.6) is 5.75 Å². The van der Waals surface area contributed by atoms with Gasteiger partial charge in [-0.3, -0.25) is 9.78 Å². The van der Waals surface area contributed by atoms with Gasteiger partial charge in [0.25, 0.3) is 5.91 Å². The van der Waals surface area contributed by atoms with Crippen LogP contribution in [0.2, 0.25) is 0 Å². The molecule has 2 aromatic carbocycles. The number of rotatable bonds is 7. The summed E-state index contributed by atoms with van der Waals surface area (Å²) in [7, 11) is 0. The number of carbonyl (C=O) groups excluding carboxylic acids is 1. The number of carbonyl (C=O) groups is 1. The van der Waals surface area contributed by atoms with Crippen molar-refractivity contribution in [3.8, 4) is 5.75 Å². The second-order valence-corrected chi connectivity index (χ2v) is 6.90. The largest absolute Gasteiger partial charge is 0.494 e. The van der Waals surface area contributed by atoms with E-state index in [2.05, 4.69) is 26.1 Å². The van der Waals surface area contributed by atoms with Crippen molar-refractivity contribution in [2.24, 2.45) is 5.10 Å². The summed E-state index contributed by atoms with van der Waals surface area (Å²) in [6, 6.07) is 18.4. The van der Waals surface area contributed by atoms with Crippen LogP contribution in [0.3, 0.4) is 0 Å². The normalized spacial score (nSPS) is 10.8. The summed E-state index contributed by atoms with van der Waals surface area (Å²) < 4.78 is 5.43. The van der Waals surface area contributed by atoms with Crippen LogP contribution in [0.25, 0.3) is 0 Å². The lowest BCUT2D eigenvalue weighted by Crippen LogP contribution is -2.19. The Morgan fingerprint density at radius 2 is 1.52 bits per heavy atom. The van der Waals surface area contributed by atoms with Gasteiger partial charge in [0.15, 0.2) is 5.11 Å². The van der Waals surface area contributed by atoms with Crippen LogP contribution in [-0.2, 0) is 0 Å². The first-order valence-electron chi connectivity index (χ1n) is 9.71. The van der Waals surface area contributed by atoms with E-state index < -0.39 is 0 Å². The molecule has 1 heterocycles. The highest BCUT2D eigenvalue weighted by Crippen LogP contribution is 2.16. The minimum absolute atomic E-state index is 0.286. The molecule has 31 heavy (non-hydrogen) atoms. The molecule has 3 N–H and O–H groups in total. The monoisotopic (exact) mass is 433 g/mol. The lowest BCUT2D eigenvalue weighted by atomic mass is 10.1. The number of pyridine rings is 1. The number of amides is 1. The summed E-state index contributed by atoms with van der Waals surface area (Å²) in [6.07, 6.45) is 3.12. The number of hydrazone groups is 1. The van der Waals surface area contributed by atoms with E-state index in [0.717, 1.165) is 22.7 Å². The third kappa shape index (κ3) is 6.61. The third-order valence-electron chi connectivity index (χ3n) is 4.25. The van der Waals surface area contributed by atoms with Crippen LogP contribution in [0.15, 0.2) is 78.2 Å². The molecule has 3 rings (SSSR count). The molecule has 0 aliphatic carbocycles. The summed E-state index contributed by atoms with van der Waals surface area (Å²) in [5.74, 6) is 0.530. The summed E-state index contributed by atoms with van der Waals surface area (Å²) >= 11 is 5.37. The minimum Gasteiger partial charge on any atom is -0.494 e. The molecule has 8 heteroatoms. The molecule has 3 aromatic rings. The molecule has 0 aliphatic rings. The molecule has 0 spiro atoms. The summed E-state index contributed by atoms with van der Waals surface area (Å²) in [4.78, 5) is 16.0. The Bertz CT molecular complexity index is 1050. The average Bonchev–Trinajstić information content (AvgIpc) is 2.80. The highest BCUT2D eigenvalue weighted by molar-refractivity contribution is 7.80. The predicted molar refractivity (Wildman–Crippen MR) is 128 cm³/mol. The van der Waals surface area contributed by atoms with Crippen molar-refractivity contribution in [2.75, 3.05) is 17.2 Å². The van der Waals surface area contributed by atoms with E-state index in [9.17, 15) is 4.79 Å². The number of anilines is 2. The smallest absolute Gasteiger partial charge is 0.271 e. The van der Waals surface area contributed by atoms with E-state index in [0.29, 0.717) is 23.0 Å². The number of ether oxygens (including phenoxy) is 1. The Labute approximate surface area is 186 Å². The number of hydrogen-bond donors (Lipinski definition) is 3. The summed E-state index contributed by atoms with van der Waals surface area (Å²) in [6.45, 7) is 4.40. The molecule has 0 atom stereocenters. The number of nitrogens with one attached hydrogen (secondary N) is 3. The number of aromatic nitrogens is 1. The topological polar surface area (TPSA) is 87.6 Å². The van der Waals surface area contributed by atoms with Crippen LogP contribution in [-0.4, -0.2) is 28.3 Å². The minimum atomic E-state index is -0.286. The highest BCUT2D eigenvalue weighted by Gasteiger charge is 2.05. The van der Waals surface area contributed by atoms with Gasteiger partial charge >= 0.3 is 0 Å². The van der Waals surface area contributed by atoms with Gasteiger partial charge in [0.1, 0.15) is 5.75 Å². The Hall–Kier alpha value is -3.78. The van der Waals surface area contributed by atoms with Gasteiger partial charge in [-0.1, -0.05) is 12.1 Å². The molecule has 0 saturated heterocycles. The van der Waals surface area contributed by atoms with Gasteiger partial charge in [0.2, 0.25) is 0 Å². The van der Waals surface area contributed by atoms with Crippen LogP contribution in [0.4, 0.5) is 11.4 Å². The maximum absolute atomic E-state index is 12.1. The molecule has 0 fully saturated rings. The lowest BCUT2D eigenvalue weighted by Gasteiger charge is -2.12. The lowest BCUT2D eigenvalue weighted by molar-refractivity contribution is 0.0954. The average molecular weight is 434 g/mol. The molecule has 0 aliphatic heterocycles. The zero-order valence-electron chi connectivity index (χ0n) is 17.3. The van der Waals surface area contributed by atoms with Gasteiger partial charge in [-0.15, -0.1) is 0 Å².